The van der Waals surface area contributed by atoms with Crippen LogP contribution in [0.4, 0.5) is 0 Å². The zero-order chi connectivity index (χ0) is 15.4. The molecule has 0 aliphatic heterocycles. The van der Waals surface area contributed by atoms with Crippen LogP contribution in [0.5, 0.6) is 0 Å². The Morgan fingerprint density at radius 3 is 2.50 bits per heavy atom. The molecule has 0 saturated heterocycles. The van der Waals surface area contributed by atoms with E-state index in [1.165, 1.54) is 4.31 Å². The van der Waals surface area contributed by atoms with Gasteiger partial charge in [0, 0.05) is 39.4 Å². The summed E-state index contributed by atoms with van der Waals surface area (Å²) in [6.07, 6.45) is 0.800. The molecule has 0 aromatic rings. The van der Waals surface area contributed by atoms with Crippen LogP contribution < -0.4 is 11.1 Å². The van der Waals surface area contributed by atoms with Crippen LogP contribution in [-0.4, -0.2) is 63.8 Å². The number of nitrogens with one attached hydrogen (secondary N) is 1. The van der Waals surface area contributed by atoms with Gasteiger partial charge in [0.1, 0.15) is 0 Å². The van der Waals surface area contributed by atoms with E-state index in [9.17, 15) is 8.42 Å². The van der Waals surface area contributed by atoms with Crippen molar-refractivity contribution in [3.63, 3.8) is 0 Å². The lowest BCUT2D eigenvalue weighted by molar-refractivity contribution is 0.146. The van der Waals surface area contributed by atoms with Crippen molar-refractivity contribution < 1.29 is 13.2 Å². The van der Waals surface area contributed by atoms with E-state index >= 15 is 0 Å². The monoisotopic (exact) mass is 308 g/mol. The first kappa shape index (κ1) is 19.1. The van der Waals surface area contributed by atoms with Crippen molar-refractivity contribution in [1.29, 1.82) is 0 Å². The molecule has 0 saturated carbocycles. The number of hydrogen-bond donors (Lipinski definition) is 2. The zero-order valence-corrected chi connectivity index (χ0v) is 13.6. The second kappa shape index (κ2) is 10.9. The molecule has 8 heteroatoms. The van der Waals surface area contributed by atoms with Crippen LogP contribution in [0.3, 0.4) is 0 Å². The molecule has 0 aromatic carbocycles. The molecular weight excluding hydrogens is 280 g/mol. The Hall–Kier alpha value is -0.860. The number of aliphatic imine (C=N–C) groups is 1. The highest BCUT2D eigenvalue weighted by Gasteiger charge is 2.17. The van der Waals surface area contributed by atoms with Gasteiger partial charge < -0.3 is 15.8 Å². The fourth-order valence-electron chi connectivity index (χ4n) is 1.62. The van der Waals surface area contributed by atoms with Crippen LogP contribution in [0.25, 0.3) is 0 Å². The maximum Gasteiger partial charge on any atom is 0.215 e. The van der Waals surface area contributed by atoms with Gasteiger partial charge in [-0.3, -0.25) is 4.99 Å². The molecule has 3 N–H and O–H groups in total. The van der Waals surface area contributed by atoms with Crippen LogP contribution in [0.2, 0.25) is 0 Å². The first-order valence-corrected chi connectivity index (χ1v) is 8.68. The number of nitrogens with two attached hydrogens (primary N) is 1. The minimum Gasteiger partial charge on any atom is -0.382 e. The maximum absolute atomic E-state index is 11.9. The standard InChI is InChI=1S/C12H28N4O3S/c1-4-16(5-2)20(17,18)11-9-15-12(13)14-8-7-10-19-6-3/h4-11H2,1-3H3,(H3,13,14,15). The second-order valence-electron chi connectivity index (χ2n) is 4.14. The summed E-state index contributed by atoms with van der Waals surface area (Å²) in [6, 6.07) is 0. The second-order valence-corrected chi connectivity index (χ2v) is 6.23. The summed E-state index contributed by atoms with van der Waals surface area (Å²) in [7, 11) is -3.21. The molecule has 0 bridgehead atoms. The predicted octanol–water partition coefficient (Wildman–Crippen LogP) is -0.0111. The SMILES string of the molecule is CCOCCCN=C(N)NCCS(=O)(=O)N(CC)CC. The highest BCUT2D eigenvalue weighted by molar-refractivity contribution is 7.89. The fourth-order valence-corrected chi connectivity index (χ4v) is 3.03. The lowest BCUT2D eigenvalue weighted by Gasteiger charge is -2.18. The van der Waals surface area contributed by atoms with Crippen LogP contribution in [0, 0.1) is 0 Å². The van der Waals surface area contributed by atoms with E-state index in [2.05, 4.69) is 10.3 Å². The lowest BCUT2D eigenvalue weighted by Crippen LogP contribution is -2.39. The van der Waals surface area contributed by atoms with Crippen molar-refractivity contribution >= 4 is 16.0 Å². The van der Waals surface area contributed by atoms with E-state index < -0.39 is 10.0 Å². The Kier molecular flexibility index (Phi) is 10.4. The molecule has 20 heavy (non-hydrogen) atoms. The van der Waals surface area contributed by atoms with Gasteiger partial charge in [-0.1, -0.05) is 13.8 Å². The van der Waals surface area contributed by atoms with Crippen molar-refractivity contribution in [2.75, 3.05) is 45.1 Å². The summed E-state index contributed by atoms with van der Waals surface area (Å²) >= 11 is 0. The van der Waals surface area contributed by atoms with Crippen LogP contribution in [0.1, 0.15) is 27.2 Å². The lowest BCUT2D eigenvalue weighted by atomic mass is 10.4. The average Bonchev–Trinajstić information content (AvgIpc) is 2.39. The smallest absolute Gasteiger partial charge is 0.215 e. The molecule has 0 amide bonds. The summed E-state index contributed by atoms with van der Waals surface area (Å²) in [5.41, 5.74) is 5.65. The van der Waals surface area contributed by atoms with Gasteiger partial charge in [0.15, 0.2) is 5.96 Å². The predicted molar refractivity (Wildman–Crippen MR) is 82.3 cm³/mol. The first-order valence-electron chi connectivity index (χ1n) is 7.07. The zero-order valence-electron chi connectivity index (χ0n) is 12.8. The Morgan fingerprint density at radius 1 is 1.30 bits per heavy atom. The maximum atomic E-state index is 11.9. The molecule has 0 unspecified atom stereocenters. The molecule has 0 heterocycles. The third-order valence-electron chi connectivity index (χ3n) is 2.70. The molecule has 0 spiro atoms. The quantitative estimate of drug-likeness (QED) is 0.318. The van der Waals surface area contributed by atoms with Crippen molar-refractivity contribution in [1.82, 2.24) is 9.62 Å². The van der Waals surface area contributed by atoms with Crippen molar-refractivity contribution in [3.8, 4) is 0 Å². The van der Waals surface area contributed by atoms with Crippen LogP contribution >= 0.6 is 0 Å². The Bertz CT molecular complexity index is 367. The van der Waals surface area contributed by atoms with Gasteiger partial charge >= 0.3 is 0 Å². The van der Waals surface area contributed by atoms with Gasteiger partial charge in [-0.25, -0.2) is 12.7 Å². The molecule has 0 aliphatic carbocycles. The molecule has 0 aromatic heterocycles. The van der Waals surface area contributed by atoms with Crippen LogP contribution in [0.15, 0.2) is 4.99 Å². The minimum atomic E-state index is -3.21. The summed E-state index contributed by atoms with van der Waals surface area (Å²) in [5, 5.41) is 2.81. The van der Waals surface area contributed by atoms with Gasteiger partial charge in [-0.2, -0.15) is 0 Å². The number of hydrogen-bond acceptors (Lipinski definition) is 4. The summed E-state index contributed by atoms with van der Waals surface area (Å²) in [5.74, 6) is 0.292. The minimum absolute atomic E-state index is 0.0177. The van der Waals surface area contributed by atoms with Gasteiger partial charge in [0.2, 0.25) is 10.0 Å². The van der Waals surface area contributed by atoms with E-state index in [1.54, 1.807) is 0 Å². The molecule has 120 valence electrons. The third-order valence-corrected chi connectivity index (χ3v) is 4.72. The molecule has 0 fully saturated rings. The molecule has 7 nitrogen and oxygen atoms in total. The van der Waals surface area contributed by atoms with E-state index in [4.69, 9.17) is 10.5 Å². The average molecular weight is 308 g/mol. The van der Waals surface area contributed by atoms with Gasteiger partial charge in [-0.15, -0.1) is 0 Å². The highest BCUT2D eigenvalue weighted by Crippen LogP contribution is 1.99. The van der Waals surface area contributed by atoms with Gasteiger partial charge in [-0.05, 0) is 13.3 Å². The largest absolute Gasteiger partial charge is 0.382 e. The fraction of sp³-hybridized carbons (Fsp3) is 0.917. The molecule has 0 rings (SSSR count). The van der Waals surface area contributed by atoms with E-state index in [0.717, 1.165) is 6.42 Å². The Morgan fingerprint density at radius 2 is 1.95 bits per heavy atom. The summed E-state index contributed by atoms with van der Waals surface area (Å²) in [4.78, 5) is 4.10. The number of nitrogens with zero attached hydrogens (tertiary/aromatic N) is 2. The van der Waals surface area contributed by atoms with Gasteiger partial charge in [0.05, 0.1) is 5.75 Å². The number of ether oxygens (including phenoxy) is 1. The molecule has 0 radical (unpaired) electrons. The van der Waals surface area contributed by atoms with E-state index in [1.807, 2.05) is 20.8 Å². The van der Waals surface area contributed by atoms with Crippen molar-refractivity contribution in [2.24, 2.45) is 10.7 Å². The molecule has 0 aliphatic rings. The van der Waals surface area contributed by atoms with Crippen LogP contribution in [-0.2, 0) is 14.8 Å². The molecular formula is C12H28N4O3S. The summed E-state index contributed by atoms with van der Waals surface area (Å²) in [6.45, 7) is 8.74. The third kappa shape index (κ3) is 8.34. The van der Waals surface area contributed by atoms with E-state index in [0.29, 0.717) is 32.8 Å². The Balaban J connectivity index is 3.95. The molecule has 0 atom stereocenters. The topological polar surface area (TPSA) is 97.0 Å². The number of rotatable bonds is 11. The first-order chi connectivity index (χ1) is 9.47. The summed E-state index contributed by atoms with van der Waals surface area (Å²) < 4.78 is 30.4. The van der Waals surface area contributed by atoms with Gasteiger partial charge in [0.25, 0.3) is 0 Å². The number of sulfonamides is 1. The van der Waals surface area contributed by atoms with Crippen molar-refractivity contribution in [3.05, 3.63) is 0 Å². The number of guanidine groups is 1. The Labute approximate surface area is 122 Å². The van der Waals surface area contributed by atoms with Crippen molar-refractivity contribution in [2.45, 2.75) is 27.2 Å². The highest BCUT2D eigenvalue weighted by atomic mass is 32.2. The normalized spacial score (nSPS) is 12.9. The van der Waals surface area contributed by atoms with E-state index in [-0.39, 0.29) is 18.3 Å².